The zero-order valence-electron chi connectivity index (χ0n) is 11.1. The summed E-state index contributed by atoms with van der Waals surface area (Å²) in [4.78, 5) is 4.91. The van der Waals surface area contributed by atoms with Crippen LogP contribution in [0.5, 0.6) is 0 Å². The topological polar surface area (TPSA) is 38.9 Å². The molecule has 3 heteroatoms. The molecule has 4 aliphatic carbocycles. The van der Waals surface area contributed by atoms with E-state index in [-0.39, 0.29) is 0 Å². The first kappa shape index (κ1) is 11.3. The molecule has 98 valence electrons. The molecule has 0 saturated heterocycles. The summed E-state index contributed by atoms with van der Waals surface area (Å²) < 4.78 is 0. The minimum atomic E-state index is 0.378. The number of rotatable bonds is 2. The summed E-state index contributed by atoms with van der Waals surface area (Å²) in [5.74, 6) is 2.92. The molecule has 18 heavy (non-hydrogen) atoms. The molecular formula is C15H22N2S. The average molecular weight is 262 g/mol. The number of hydrogen-bond donors (Lipinski definition) is 1. The zero-order valence-corrected chi connectivity index (χ0v) is 11.9. The van der Waals surface area contributed by atoms with E-state index < -0.39 is 0 Å². The lowest BCUT2D eigenvalue weighted by atomic mass is 9.49. The first-order valence-electron chi connectivity index (χ1n) is 7.44. The molecule has 2 nitrogen and oxygen atoms in total. The van der Waals surface area contributed by atoms with Crippen LogP contribution in [0.25, 0.3) is 0 Å². The molecule has 0 amide bonds. The van der Waals surface area contributed by atoms with Crippen LogP contribution in [-0.2, 0) is 11.8 Å². The molecule has 0 unspecified atom stereocenters. The van der Waals surface area contributed by atoms with Crippen LogP contribution in [0.3, 0.4) is 0 Å². The Bertz CT molecular complexity index is 442. The average Bonchev–Trinajstić information content (AvgIpc) is 2.69. The Morgan fingerprint density at radius 3 is 2.17 bits per heavy atom. The number of nitrogens with two attached hydrogens (primary N) is 1. The van der Waals surface area contributed by atoms with Crippen LogP contribution >= 0.6 is 11.3 Å². The van der Waals surface area contributed by atoms with Gasteiger partial charge < -0.3 is 5.73 Å². The highest BCUT2D eigenvalue weighted by Gasteiger charge is 2.53. The molecule has 0 radical (unpaired) electrons. The predicted molar refractivity (Wildman–Crippen MR) is 75.8 cm³/mol. The Labute approximate surface area is 113 Å². The van der Waals surface area contributed by atoms with Gasteiger partial charge in [0.1, 0.15) is 5.00 Å². The normalized spacial score (nSPS) is 41.5. The van der Waals surface area contributed by atoms with Gasteiger partial charge in [-0.25, -0.2) is 4.98 Å². The summed E-state index contributed by atoms with van der Waals surface area (Å²) in [5, 5.41) is 2.26. The van der Waals surface area contributed by atoms with Crippen LogP contribution in [0.1, 0.15) is 56.2 Å². The molecule has 0 aromatic carbocycles. The van der Waals surface area contributed by atoms with E-state index in [0.717, 1.165) is 29.2 Å². The van der Waals surface area contributed by atoms with E-state index in [4.69, 9.17) is 10.7 Å². The van der Waals surface area contributed by atoms with Gasteiger partial charge >= 0.3 is 0 Å². The molecule has 1 heterocycles. The molecule has 0 spiro atoms. The van der Waals surface area contributed by atoms with E-state index >= 15 is 0 Å². The zero-order chi connectivity index (χ0) is 12.3. The first-order chi connectivity index (χ1) is 8.68. The third-order valence-corrected chi connectivity index (χ3v) is 6.57. The molecule has 4 bridgehead atoms. The standard InChI is InChI=1S/C15H22N2S/c1-2-12-17-13(14(16)18-12)15-6-9-3-10(7-15)5-11(4-9)8-15/h9-11H,2-8,16H2,1H3. The van der Waals surface area contributed by atoms with E-state index in [0.29, 0.717) is 5.41 Å². The summed E-state index contributed by atoms with van der Waals surface area (Å²) in [5.41, 5.74) is 7.97. The van der Waals surface area contributed by atoms with Gasteiger partial charge in [-0.3, -0.25) is 0 Å². The maximum Gasteiger partial charge on any atom is 0.110 e. The number of anilines is 1. The number of nitrogens with zero attached hydrogens (tertiary/aromatic N) is 1. The van der Waals surface area contributed by atoms with E-state index in [1.165, 1.54) is 49.2 Å². The van der Waals surface area contributed by atoms with Gasteiger partial charge in [0, 0.05) is 5.41 Å². The minimum Gasteiger partial charge on any atom is -0.389 e. The Morgan fingerprint density at radius 1 is 1.17 bits per heavy atom. The molecular weight excluding hydrogens is 240 g/mol. The van der Waals surface area contributed by atoms with Gasteiger partial charge in [0.15, 0.2) is 0 Å². The fourth-order valence-corrected chi connectivity index (χ4v) is 6.20. The summed E-state index contributed by atoms with van der Waals surface area (Å²) in [7, 11) is 0. The van der Waals surface area contributed by atoms with Crippen molar-refractivity contribution in [3.05, 3.63) is 10.7 Å². The Morgan fingerprint density at radius 2 is 1.72 bits per heavy atom. The van der Waals surface area contributed by atoms with Gasteiger partial charge in [-0.1, -0.05) is 6.92 Å². The van der Waals surface area contributed by atoms with E-state index in [1.807, 2.05) is 0 Å². The molecule has 2 N–H and O–H groups in total. The molecule has 4 fully saturated rings. The second kappa shape index (κ2) is 3.72. The summed E-state index contributed by atoms with van der Waals surface area (Å²) in [6, 6.07) is 0. The molecule has 4 saturated carbocycles. The number of hydrogen-bond acceptors (Lipinski definition) is 3. The lowest BCUT2D eigenvalue weighted by Crippen LogP contribution is -2.49. The SMILES string of the molecule is CCc1nc(C23CC4CC(CC(C4)C2)C3)c(N)s1. The second-order valence-electron chi connectivity index (χ2n) is 6.87. The molecule has 0 atom stereocenters. The fourth-order valence-electron chi connectivity index (χ4n) is 5.31. The number of aromatic nitrogens is 1. The third-order valence-electron chi connectivity index (χ3n) is 5.54. The van der Waals surface area contributed by atoms with Crippen LogP contribution < -0.4 is 5.73 Å². The third kappa shape index (κ3) is 1.49. The van der Waals surface area contributed by atoms with Gasteiger partial charge in [-0.05, 0) is 62.7 Å². The van der Waals surface area contributed by atoms with E-state index in [2.05, 4.69) is 6.92 Å². The Kier molecular flexibility index (Phi) is 2.33. The second-order valence-corrected chi connectivity index (χ2v) is 7.99. The first-order valence-corrected chi connectivity index (χ1v) is 8.26. The van der Waals surface area contributed by atoms with Crippen LogP contribution in [0, 0.1) is 17.8 Å². The monoisotopic (exact) mass is 262 g/mol. The van der Waals surface area contributed by atoms with Crippen molar-refractivity contribution >= 4 is 16.3 Å². The van der Waals surface area contributed by atoms with Gasteiger partial charge in [0.25, 0.3) is 0 Å². The van der Waals surface area contributed by atoms with E-state index in [9.17, 15) is 0 Å². The largest absolute Gasteiger partial charge is 0.389 e. The summed E-state index contributed by atoms with van der Waals surface area (Å²) >= 11 is 1.73. The van der Waals surface area contributed by atoms with Gasteiger partial charge in [-0.2, -0.15) is 0 Å². The van der Waals surface area contributed by atoms with Crippen LogP contribution in [-0.4, -0.2) is 4.98 Å². The van der Waals surface area contributed by atoms with Crippen molar-refractivity contribution < 1.29 is 0 Å². The molecule has 1 aromatic rings. The highest BCUT2D eigenvalue weighted by Crippen LogP contribution is 2.61. The highest BCUT2D eigenvalue weighted by molar-refractivity contribution is 7.15. The molecule has 4 aliphatic rings. The van der Waals surface area contributed by atoms with Crippen LogP contribution in [0.2, 0.25) is 0 Å². The van der Waals surface area contributed by atoms with Crippen molar-refractivity contribution in [2.75, 3.05) is 5.73 Å². The maximum absolute atomic E-state index is 6.29. The van der Waals surface area contributed by atoms with E-state index in [1.54, 1.807) is 11.3 Å². The molecule has 5 rings (SSSR count). The highest BCUT2D eigenvalue weighted by atomic mass is 32.1. The lowest BCUT2D eigenvalue weighted by molar-refractivity contribution is -0.00663. The fraction of sp³-hybridized carbons (Fsp3) is 0.800. The van der Waals surface area contributed by atoms with Gasteiger partial charge in [-0.15, -0.1) is 11.3 Å². The lowest BCUT2D eigenvalue weighted by Gasteiger charge is -2.56. The van der Waals surface area contributed by atoms with Crippen molar-refractivity contribution in [2.24, 2.45) is 17.8 Å². The minimum absolute atomic E-state index is 0.378. The van der Waals surface area contributed by atoms with Crippen molar-refractivity contribution in [3.8, 4) is 0 Å². The number of aryl methyl sites for hydroxylation is 1. The Hall–Kier alpha value is -0.570. The summed E-state index contributed by atoms with van der Waals surface area (Å²) in [6.45, 7) is 2.18. The molecule has 1 aromatic heterocycles. The number of nitrogen functional groups attached to an aromatic ring is 1. The maximum atomic E-state index is 6.29. The van der Waals surface area contributed by atoms with Crippen LogP contribution in [0.4, 0.5) is 5.00 Å². The molecule has 0 aliphatic heterocycles. The van der Waals surface area contributed by atoms with Crippen molar-refractivity contribution in [2.45, 2.75) is 57.3 Å². The van der Waals surface area contributed by atoms with Crippen molar-refractivity contribution in [1.29, 1.82) is 0 Å². The number of thiazole rings is 1. The summed E-state index contributed by atoms with van der Waals surface area (Å²) in [6.07, 6.45) is 9.61. The van der Waals surface area contributed by atoms with Gasteiger partial charge in [0.05, 0.1) is 10.7 Å². The van der Waals surface area contributed by atoms with Crippen molar-refractivity contribution in [1.82, 2.24) is 4.98 Å². The van der Waals surface area contributed by atoms with Gasteiger partial charge in [0.2, 0.25) is 0 Å². The predicted octanol–water partition coefficient (Wildman–Crippen LogP) is 3.76. The van der Waals surface area contributed by atoms with Crippen molar-refractivity contribution in [3.63, 3.8) is 0 Å². The Balaban J connectivity index is 1.76. The smallest absolute Gasteiger partial charge is 0.110 e. The van der Waals surface area contributed by atoms with Crippen LogP contribution in [0.15, 0.2) is 0 Å². The quantitative estimate of drug-likeness (QED) is 0.881.